The van der Waals surface area contributed by atoms with Gasteiger partial charge in [0.15, 0.2) is 0 Å². The van der Waals surface area contributed by atoms with Crippen LogP contribution < -0.4 is 5.32 Å². The average molecular weight is 404 g/mol. The van der Waals surface area contributed by atoms with Crippen molar-refractivity contribution in [2.75, 3.05) is 6.54 Å². The van der Waals surface area contributed by atoms with Gasteiger partial charge in [0.2, 0.25) is 11.7 Å². The molecule has 0 aliphatic carbocycles. The van der Waals surface area contributed by atoms with Gasteiger partial charge in [-0.2, -0.15) is 4.98 Å². The number of halogens is 2. The van der Waals surface area contributed by atoms with E-state index in [9.17, 15) is 0 Å². The standard InChI is InChI=1S/C13H16Br2N4O/c1-4-16-8(3)7(2)13-18-12(19-20-13)11-10(15)5-9(14)6-17-11/h5-8,16H,4H2,1-3H3. The van der Waals surface area contributed by atoms with Crippen molar-refractivity contribution >= 4 is 31.9 Å². The van der Waals surface area contributed by atoms with Crippen molar-refractivity contribution in [3.05, 3.63) is 27.1 Å². The molecule has 0 amide bonds. The first kappa shape index (κ1) is 15.6. The Morgan fingerprint density at radius 2 is 2.10 bits per heavy atom. The second kappa shape index (κ2) is 6.78. The van der Waals surface area contributed by atoms with E-state index in [2.05, 4.69) is 73.1 Å². The van der Waals surface area contributed by atoms with E-state index in [0.29, 0.717) is 17.4 Å². The summed E-state index contributed by atoms with van der Waals surface area (Å²) in [6.45, 7) is 7.15. The van der Waals surface area contributed by atoms with Crippen molar-refractivity contribution in [3.8, 4) is 11.5 Å². The van der Waals surface area contributed by atoms with Crippen molar-refractivity contribution in [3.63, 3.8) is 0 Å². The molecule has 2 unspecified atom stereocenters. The minimum atomic E-state index is 0.144. The van der Waals surface area contributed by atoms with Gasteiger partial charge in [0.05, 0.1) is 5.92 Å². The number of pyridine rings is 1. The smallest absolute Gasteiger partial charge is 0.231 e. The Morgan fingerprint density at radius 1 is 1.35 bits per heavy atom. The Hall–Kier alpha value is -0.790. The molecular formula is C13H16Br2N4O. The number of nitrogens with one attached hydrogen (secondary N) is 1. The molecule has 2 atom stereocenters. The topological polar surface area (TPSA) is 63.8 Å². The molecule has 2 aromatic heterocycles. The largest absolute Gasteiger partial charge is 0.339 e. The molecule has 5 nitrogen and oxygen atoms in total. The van der Waals surface area contributed by atoms with E-state index < -0.39 is 0 Å². The molecule has 0 aliphatic heterocycles. The van der Waals surface area contributed by atoms with Crippen LogP contribution in [0.4, 0.5) is 0 Å². The van der Waals surface area contributed by atoms with E-state index in [-0.39, 0.29) is 12.0 Å². The van der Waals surface area contributed by atoms with Crippen LogP contribution in [0.1, 0.15) is 32.6 Å². The summed E-state index contributed by atoms with van der Waals surface area (Å²) in [4.78, 5) is 8.76. The monoisotopic (exact) mass is 402 g/mol. The fourth-order valence-corrected chi connectivity index (χ4v) is 2.97. The molecule has 1 N–H and O–H groups in total. The SMILES string of the molecule is CCNC(C)C(C)c1nc(-c2ncc(Br)cc2Br)no1. The quantitative estimate of drug-likeness (QED) is 0.823. The van der Waals surface area contributed by atoms with Gasteiger partial charge in [0.25, 0.3) is 0 Å². The Bertz CT molecular complexity index is 588. The molecule has 0 bridgehead atoms. The van der Waals surface area contributed by atoms with Crippen LogP contribution in [0.25, 0.3) is 11.5 Å². The fraction of sp³-hybridized carbons (Fsp3) is 0.462. The van der Waals surface area contributed by atoms with E-state index in [1.54, 1.807) is 6.20 Å². The second-order valence-corrected chi connectivity index (χ2v) is 6.35. The molecule has 0 aromatic carbocycles. The highest BCUT2D eigenvalue weighted by Gasteiger charge is 2.21. The Balaban J connectivity index is 2.24. The van der Waals surface area contributed by atoms with E-state index in [1.165, 1.54) is 0 Å². The third-order valence-corrected chi connectivity index (χ3v) is 4.17. The number of nitrogens with zero attached hydrogens (tertiary/aromatic N) is 3. The Kier molecular flexibility index (Phi) is 5.29. The molecule has 2 aromatic rings. The van der Waals surface area contributed by atoms with Crippen LogP contribution in [0.2, 0.25) is 0 Å². The normalized spacial score (nSPS) is 14.2. The van der Waals surface area contributed by atoms with Gasteiger partial charge < -0.3 is 9.84 Å². The number of hydrogen-bond donors (Lipinski definition) is 1. The first-order valence-electron chi connectivity index (χ1n) is 6.41. The molecule has 0 saturated heterocycles. The summed E-state index contributed by atoms with van der Waals surface area (Å²) in [5.41, 5.74) is 0.673. The summed E-state index contributed by atoms with van der Waals surface area (Å²) in [6, 6.07) is 2.18. The van der Waals surface area contributed by atoms with Crippen molar-refractivity contribution in [1.82, 2.24) is 20.4 Å². The van der Waals surface area contributed by atoms with Crippen LogP contribution in [0, 0.1) is 0 Å². The third-order valence-electron chi connectivity index (χ3n) is 3.13. The van der Waals surface area contributed by atoms with Gasteiger partial charge in [-0.05, 0) is 51.4 Å². The Morgan fingerprint density at radius 3 is 2.75 bits per heavy atom. The summed E-state index contributed by atoms with van der Waals surface area (Å²) < 4.78 is 7.08. The molecule has 108 valence electrons. The molecular weight excluding hydrogens is 388 g/mol. The number of rotatable bonds is 5. The maximum atomic E-state index is 5.36. The van der Waals surface area contributed by atoms with Gasteiger partial charge >= 0.3 is 0 Å². The summed E-state index contributed by atoms with van der Waals surface area (Å²) >= 11 is 6.83. The van der Waals surface area contributed by atoms with E-state index in [4.69, 9.17) is 4.52 Å². The molecule has 20 heavy (non-hydrogen) atoms. The lowest BCUT2D eigenvalue weighted by Crippen LogP contribution is -2.30. The molecule has 2 heterocycles. The molecule has 0 saturated carbocycles. The lowest BCUT2D eigenvalue weighted by Gasteiger charge is -2.16. The van der Waals surface area contributed by atoms with Crippen LogP contribution in [0.3, 0.4) is 0 Å². The first-order chi connectivity index (χ1) is 9.52. The summed E-state index contributed by atoms with van der Waals surface area (Å²) in [5, 5.41) is 7.37. The highest BCUT2D eigenvalue weighted by molar-refractivity contribution is 9.11. The first-order valence-corrected chi connectivity index (χ1v) is 8.00. The van der Waals surface area contributed by atoms with E-state index in [0.717, 1.165) is 15.5 Å². The molecule has 2 rings (SSSR count). The van der Waals surface area contributed by atoms with Crippen LogP contribution in [0.15, 0.2) is 25.7 Å². The fourth-order valence-electron chi connectivity index (χ4n) is 1.81. The third kappa shape index (κ3) is 3.45. The minimum Gasteiger partial charge on any atom is -0.339 e. The molecule has 7 heteroatoms. The number of likely N-dealkylation sites (N-methyl/N-ethyl adjacent to an activating group) is 1. The van der Waals surface area contributed by atoms with E-state index in [1.807, 2.05) is 6.07 Å². The zero-order chi connectivity index (χ0) is 14.7. The van der Waals surface area contributed by atoms with E-state index >= 15 is 0 Å². The maximum absolute atomic E-state index is 5.36. The zero-order valence-corrected chi connectivity index (χ0v) is 14.7. The summed E-state index contributed by atoms with van der Waals surface area (Å²) in [5.74, 6) is 1.26. The average Bonchev–Trinajstić information content (AvgIpc) is 2.87. The molecule has 0 aliphatic rings. The van der Waals surface area contributed by atoms with Crippen molar-refractivity contribution < 1.29 is 4.52 Å². The van der Waals surface area contributed by atoms with Gasteiger partial charge in [-0.3, -0.25) is 4.98 Å². The predicted molar refractivity (Wildman–Crippen MR) is 84.5 cm³/mol. The summed E-state index contributed by atoms with van der Waals surface area (Å²) in [6.07, 6.45) is 1.71. The number of aromatic nitrogens is 3. The maximum Gasteiger partial charge on any atom is 0.231 e. The molecule has 0 fully saturated rings. The lowest BCUT2D eigenvalue weighted by atomic mass is 10.0. The van der Waals surface area contributed by atoms with Crippen molar-refractivity contribution in [2.24, 2.45) is 0 Å². The molecule has 0 spiro atoms. The lowest BCUT2D eigenvalue weighted by molar-refractivity contribution is 0.332. The van der Waals surface area contributed by atoms with Crippen molar-refractivity contribution in [2.45, 2.75) is 32.7 Å². The van der Waals surface area contributed by atoms with Crippen LogP contribution >= 0.6 is 31.9 Å². The van der Waals surface area contributed by atoms with Crippen molar-refractivity contribution in [1.29, 1.82) is 0 Å². The highest BCUT2D eigenvalue weighted by atomic mass is 79.9. The van der Waals surface area contributed by atoms with Crippen LogP contribution in [-0.2, 0) is 0 Å². The summed E-state index contributed by atoms with van der Waals surface area (Å²) in [7, 11) is 0. The second-order valence-electron chi connectivity index (χ2n) is 4.58. The molecule has 0 radical (unpaired) electrons. The van der Waals surface area contributed by atoms with Gasteiger partial charge in [0, 0.05) is 21.2 Å². The van der Waals surface area contributed by atoms with Crippen LogP contribution in [0.5, 0.6) is 0 Å². The zero-order valence-electron chi connectivity index (χ0n) is 11.5. The van der Waals surface area contributed by atoms with Gasteiger partial charge in [-0.1, -0.05) is 19.0 Å². The van der Waals surface area contributed by atoms with Gasteiger partial charge in [-0.15, -0.1) is 0 Å². The van der Waals surface area contributed by atoms with Gasteiger partial charge in [0.1, 0.15) is 5.69 Å². The number of hydrogen-bond acceptors (Lipinski definition) is 5. The predicted octanol–water partition coefficient (Wildman–Crippen LogP) is 3.76. The Labute approximate surface area is 134 Å². The van der Waals surface area contributed by atoms with Gasteiger partial charge in [-0.25, -0.2) is 0 Å². The highest BCUT2D eigenvalue weighted by Crippen LogP contribution is 2.28. The van der Waals surface area contributed by atoms with Crippen LogP contribution in [-0.4, -0.2) is 27.7 Å². The minimum absolute atomic E-state index is 0.144.